The summed E-state index contributed by atoms with van der Waals surface area (Å²) in [7, 11) is -8.71. The molecule has 0 heterocycles. The largest absolute Gasteiger partial charge is 0.484 e. The Morgan fingerprint density at radius 2 is 1.51 bits per heavy atom. The van der Waals surface area contributed by atoms with Crippen molar-refractivity contribution in [1.82, 2.24) is 5.32 Å². The Morgan fingerprint density at radius 3 is 2.06 bits per heavy atom. The topological polar surface area (TPSA) is 113 Å². The van der Waals surface area contributed by atoms with Gasteiger partial charge in [-0.05, 0) is 82.0 Å². The molecule has 0 radical (unpaired) electrons. The van der Waals surface area contributed by atoms with Crippen molar-refractivity contribution in [3.8, 4) is 11.5 Å². The normalized spacial score (nSPS) is 13.2. The molecule has 0 aliphatic heterocycles. The summed E-state index contributed by atoms with van der Waals surface area (Å²) in [5.41, 5.74) is 1.03. The van der Waals surface area contributed by atoms with Gasteiger partial charge in [0.15, 0.2) is 21.7 Å². The molecular weight excluding hydrogens is 808 g/mol. The van der Waals surface area contributed by atoms with Crippen molar-refractivity contribution in [3.63, 3.8) is 0 Å². The van der Waals surface area contributed by atoms with E-state index in [9.17, 15) is 13.2 Å². The number of carbonyl (C=O) groups excluding carboxylic acids is 1. The van der Waals surface area contributed by atoms with Gasteiger partial charge in [0.1, 0.15) is 18.2 Å². The van der Waals surface area contributed by atoms with Crippen LogP contribution in [0.5, 0.6) is 11.5 Å². The van der Waals surface area contributed by atoms with Crippen molar-refractivity contribution in [2.24, 2.45) is 0 Å². The van der Waals surface area contributed by atoms with Gasteiger partial charge in [-0.2, -0.15) is 0 Å². The van der Waals surface area contributed by atoms with E-state index in [1.807, 2.05) is 6.07 Å². The zero-order valence-corrected chi connectivity index (χ0v) is 38.4. The van der Waals surface area contributed by atoms with Gasteiger partial charge in [-0.15, -0.1) is 0 Å². The molecule has 2 aromatic rings. The first kappa shape index (κ1) is 45.7. The minimum Gasteiger partial charge on any atom is -0.484 e. The first-order chi connectivity index (χ1) is 23.7. The van der Waals surface area contributed by atoms with Gasteiger partial charge in [0.05, 0.1) is 23.1 Å². The van der Waals surface area contributed by atoms with Crippen LogP contribution in [0, 0.1) is 0 Å². The minimum absolute atomic E-state index is 0.0258. The minimum atomic E-state index is -3.79. The summed E-state index contributed by atoms with van der Waals surface area (Å²) >= 11 is 9.54. The van der Waals surface area contributed by atoms with Gasteiger partial charge >= 0.3 is 0 Å². The Labute approximate surface area is 323 Å². The molecule has 0 aliphatic rings. The van der Waals surface area contributed by atoms with Gasteiger partial charge in [0.2, 0.25) is 10.0 Å². The predicted octanol–water partition coefficient (Wildman–Crippen LogP) is 9.13. The number of amides is 1. The number of hydrogen-bond donors (Lipinski definition) is 1. The van der Waals surface area contributed by atoms with Gasteiger partial charge in [0.25, 0.3) is 5.91 Å². The third-order valence-electron chi connectivity index (χ3n) is 8.59. The quantitative estimate of drug-likeness (QED) is 0.0632. The third-order valence-corrected chi connectivity index (χ3v) is 19.0. The maximum absolute atomic E-state index is 13.3. The van der Waals surface area contributed by atoms with Crippen LogP contribution in [0.25, 0.3) is 0 Å². The molecule has 1 N–H and O–H groups in total. The summed E-state index contributed by atoms with van der Waals surface area (Å²) < 4.78 is 59.1. The van der Waals surface area contributed by atoms with Crippen LogP contribution in [0.1, 0.15) is 32.4 Å². The molecule has 51 heavy (non-hydrogen) atoms. The number of benzene rings is 2. The van der Waals surface area contributed by atoms with E-state index in [0.29, 0.717) is 41.0 Å². The number of ether oxygens (including phenoxy) is 4. The van der Waals surface area contributed by atoms with E-state index in [4.69, 9.17) is 35.0 Å². The maximum Gasteiger partial charge on any atom is 0.258 e. The standard InChI is InChI=1S/C35H60BrClN2O8SSi3/c1-11-51(12-2,13-3)47-34(24-38-35(40)25-45-29-15-16-30(36)31(37)23-29)28-14-17-33(46-27-44-19-21-50(8,9)10)32(22-28)39(48(4,41)42)26-43-18-20-49(5,6)7/h14-17,22-23,34H,11-13,18-21,24-27H2,1-10H3,(H,38,40)/t34-/m1/s1. The molecule has 0 saturated carbocycles. The fourth-order valence-corrected chi connectivity index (χ4v) is 10.5. The molecule has 0 bridgehead atoms. The van der Waals surface area contributed by atoms with E-state index in [0.717, 1.165) is 40.9 Å². The summed E-state index contributed by atoms with van der Waals surface area (Å²) in [6, 6.07) is 15.1. The second kappa shape index (κ2) is 20.9. The highest BCUT2D eigenvalue weighted by Crippen LogP contribution is 2.37. The second-order valence-corrected chi connectivity index (χ2v) is 34.3. The highest BCUT2D eigenvalue weighted by molar-refractivity contribution is 9.10. The van der Waals surface area contributed by atoms with E-state index in [1.54, 1.807) is 30.3 Å². The number of rotatable bonds is 24. The number of hydrogen-bond acceptors (Lipinski definition) is 8. The molecule has 0 aliphatic carbocycles. The Kier molecular flexibility index (Phi) is 18.7. The Balaban J connectivity index is 2.46. The molecule has 290 valence electrons. The highest BCUT2D eigenvalue weighted by atomic mass is 79.9. The summed E-state index contributed by atoms with van der Waals surface area (Å²) in [4.78, 5) is 13.0. The number of sulfonamides is 1. The Morgan fingerprint density at radius 1 is 0.902 bits per heavy atom. The van der Waals surface area contributed by atoms with Crippen molar-refractivity contribution < 1.29 is 36.6 Å². The number of anilines is 1. The number of carbonyl (C=O) groups is 1. The molecule has 1 atom stereocenters. The van der Waals surface area contributed by atoms with Gasteiger partial charge in [-0.25, -0.2) is 12.7 Å². The third kappa shape index (κ3) is 16.6. The molecule has 1 amide bonds. The number of nitrogens with one attached hydrogen (secondary N) is 1. The lowest BCUT2D eigenvalue weighted by Crippen LogP contribution is -2.41. The smallest absolute Gasteiger partial charge is 0.258 e. The number of nitrogens with zero attached hydrogens (tertiary/aromatic N) is 1. The second-order valence-electron chi connectivity index (χ2n) is 15.2. The zero-order chi connectivity index (χ0) is 38.5. The average molecular weight is 869 g/mol. The van der Waals surface area contributed by atoms with E-state index in [2.05, 4.69) is 81.3 Å². The zero-order valence-electron chi connectivity index (χ0n) is 32.2. The van der Waals surface area contributed by atoms with Crippen LogP contribution < -0.4 is 19.1 Å². The van der Waals surface area contributed by atoms with Gasteiger partial charge in [0, 0.05) is 40.4 Å². The fourth-order valence-electron chi connectivity index (χ4n) is 4.97. The molecule has 2 aromatic carbocycles. The lowest BCUT2D eigenvalue weighted by atomic mass is 10.1. The molecule has 0 aromatic heterocycles. The van der Waals surface area contributed by atoms with E-state index >= 15 is 0 Å². The van der Waals surface area contributed by atoms with Crippen LogP contribution in [0.15, 0.2) is 40.9 Å². The number of halogens is 2. The van der Waals surface area contributed by atoms with Crippen molar-refractivity contribution in [2.45, 2.75) is 96.4 Å². The molecule has 2 rings (SSSR count). The van der Waals surface area contributed by atoms with E-state index < -0.39 is 40.6 Å². The summed E-state index contributed by atoms with van der Waals surface area (Å²) in [5, 5.41) is 3.45. The molecule has 16 heteroatoms. The van der Waals surface area contributed by atoms with Gasteiger partial charge < -0.3 is 28.7 Å². The fraction of sp³-hybridized carbons (Fsp3) is 0.629. The van der Waals surface area contributed by atoms with Crippen LogP contribution >= 0.6 is 27.5 Å². The van der Waals surface area contributed by atoms with Crippen LogP contribution in [0.4, 0.5) is 5.69 Å². The monoisotopic (exact) mass is 866 g/mol. The van der Waals surface area contributed by atoms with Crippen LogP contribution in [0.2, 0.25) is 74.5 Å². The summed E-state index contributed by atoms with van der Waals surface area (Å²) in [6.07, 6.45) is 0.601. The molecule has 0 spiro atoms. The Bertz CT molecular complexity index is 1500. The van der Waals surface area contributed by atoms with E-state index in [1.165, 1.54) is 4.31 Å². The lowest BCUT2D eigenvalue weighted by molar-refractivity contribution is -0.123. The highest BCUT2D eigenvalue weighted by Gasteiger charge is 2.34. The molecule has 0 unspecified atom stereocenters. The SMILES string of the molecule is CC[Si](CC)(CC)O[C@H](CNC(=O)COc1ccc(Br)c(Cl)c1)c1ccc(OCOCC[Si](C)(C)C)c(N(COCC[Si](C)(C)C)S(C)(=O)=O)c1. The summed E-state index contributed by atoms with van der Waals surface area (Å²) in [5.74, 6) is 0.488. The molecule has 0 saturated heterocycles. The maximum atomic E-state index is 13.3. The first-order valence-electron chi connectivity index (χ1n) is 17.6. The molecule has 10 nitrogen and oxygen atoms in total. The Hall–Kier alpha value is -1.44. The first-order valence-corrected chi connectivity index (χ1v) is 30.6. The van der Waals surface area contributed by atoms with Crippen molar-refractivity contribution >= 4 is 73.6 Å². The van der Waals surface area contributed by atoms with Crippen molar-refractivity contribution in [2.75, 3.05) is 50.5 Å². The predicted molar refractivity (Wildman–Crippen MR) is 221 cm³/mol. The van der Waals surface area contributed by atoms with Crippen molar-refractivity contribution in [1.29, 1.82) is 0 Å². The van der Waals surface area contributed by atoms with E-state index in [-0.39, 0.29) is 32.6 Å². The lowest BCUT2D eigenvalue weighted by Gasteiger charge is -2.34. The van der Waals surface area contributed by atoms with Crippen LogP contribution in [-0.2, 0) is 28.7 Å². The average Bonchev–Trinajstić information content (AvgIpc) is 3.04. The van der Waals surface area contributed by atoms with Crippen molar-refractivity contribution in [3.05, 3.63) is 51.5 Å². The van der Waals surface area contributed by atoms with Gasteiger partial charge in [-0.1, -0.05) is 77.7 Å². The van der Waals surface area contributed by atoms with Gasteiger partial charge in [-0.3, -0.25) is 4.79 Å². The van der Waals surface area contributed by atoms with Crippen LogP contribution in [0.3, 0.4) is 0 Å². The molecular formula is C35H60BrClN2O8SSi3. The summed E-state index contributed by atoms with van der Waals surface area (Å²) in [6.45, 7) is 20.7. The van der Waals surface area contributed by atoms with Crippen LogP contribution in [-0.4, -0.2) is 84.9 Å². The molecule has 0 fully saturated rings.